The Balaban J connectivity index is 1.55. The first-order chi connectivity index (χ1) is 12.9. The molecule has 1 amide bonds. The molecular formula is C18H18F2N4O2S. The quantitative estimate of drug-likeness (QED) is 0.654. The maximum atomic E-state index is 12.4. The monoisotopic (exact) mass is 392 g/mol. The summed E-state index contributed by atoms with van der Waals surface area (Å²) in [6, 6.07) is 8.19. The highest BCUT2D eigenvalue weighted by Crippen LogP contribution is 2.26. The summed E-state index contributed by atoms with van der Waals surface area (Å²) in [4.78, 5) is 20.0. The van der Waals surface area contributed by atoms with Gasteiger partial charge in [0.1, 0.15) is 5.01 Å². The highest BCUT2D eigenvalue weighted by Gasteiger charge is 2.16. The van der Waals surface area contributed by atoms with Crippen LogP contribution in [0.2, 0.25) is 0 Å². The van der Waals surface area contributed by atoms with Gasteiger partial charge in [0.15, 0.2) is 0 Å². The Bertz CT molecular complexity index is 906. The second kappa shape index (κ2) is 8.34. The van der Waals surface area contributed by atoms with Crippen molar-refractivity contribution in [2.75, 3.05) is 0 Å². The third kappa shape index (κ3) is 4.94. The normalized spacial score (nSPS) is 11.3. The average molecular weight is 392 g/mol. The van der Waals surface area contributed by atoms with E-state index in [9.17, 15) is 13.6 Å². The average Bonchev–Trinajstić information content (AvgIpc) is 3.29. The van der Waals surface area contributed by atoms with Crippen molar-refractivity contribution in [1.29, 1.82) is 0 Å². The van der Waals surface area contributed by atoms with Crippen LogP contribution in [-0.2, 0) is 17.8 Å². The Kier molecular flexibility index (Phi) is 5.90. The van der Waals surface area contributed by atoms with E-state index in [0.717, 1.165) is 10.6 Å². The molecule has 3 aromatic rings. The van der Waals surface area contributed by atoms with Gasteiger partial charge in [0.25, 0.3) is 0 Å². The molecule has 1 N–H and O–H groups in total. The van der Waals surface area contributed by atoms with Crippen molar-refractivity contribution < 1.29 is 18.1 Å². The van der Waals surface area contributed by atoms with Crippen LogP contribution in [0.4, 0.5) is 8.78 Å². The molecule has 2 heterocycles. The number of halogens is 2. The second-order valence-electron chi connectivity index (χ2n) is 6.22. The van der Waals surface area contributed by atoms with Crippen LogP contribution in [0.25, 0.3) is 10.6 Å². The number of carbonyl (C=O) groups excluding carboxylic acids is 1. The predicted molar refractivity (Wildman–Crippen MR) is 96.4 cm³/mol. The van der Waals surface area contributed by atoms with Gasteiger partial charge in [-0.25, -0.2) is 13.8 Å². The van der Waals surface area contributed by atoms with Crippen molar-refractivity contribution in [3.63, 3.8) is 0 Å². The number of thiazole rings is 1. The highest BCUT2D eigenvalue weighted by atomic mass is 32.1. The standard InChI is InChI=1S/C18H18F2N4O2S/c1-10(2)11-3-5-12(6-4-11)18-22-13(9-27-18)7-14(25)21-8-15-23-17(16(19)20)24-26-15/h3-6,9-10,16H,7-8H2,1-2H3,(H,21,25). The largest absolute Gasteiger partial charge is 0.347 e. The maximum Gasteiger partial charge on any atom is 0.300 e. The molecule has 0 atom stereocenters. The summed E-state index contributed by atoms with van der Waals surface area (Å²) in [5, 5.41) is 8.35. The van der Waals surface area contributed by atoms with Crippen LogP contribution >= 0.6 is 11.3 Å². The Morgan fingerprint density at radius 2 is 1.96 bits per heavy atom. The number of carbonyl (C=O) groups is 1. The van der Waals surface area contributed by atoms with E-state index in [0.29, 0.717) is 11.6 Å². The van der Waals surface area contributed by atoms with Gasteiger partial charge in [-0.05, 0) is 11.5 Å². The molecule has 142 valence electrons. The molecule has 6 nitrogen and oxygen atoms in total. The lowest BCUT2D eigenvalue weighted by molar-refractivity contribution is -0.120. The molecule has 27 heavy (non-hydrogen) atoms. The van der Waals surface area contributed by atoms with E-state index >= 15 is 0 Å². The molecule has 0 saturated heterocycles. The third-order valence-corrected chi connectivity index (χ3v) is 4.77. The molecule has 0 saturated carbocycles. The Labute approximate surface area is 158 Å². The molecule has 0 bridgehead atoms. The fourth-order valence-electron chi connectivity index (χ4n) is 2.36. The predicted octanol–water partition coefficient (Wildman–Crippen LogP) is 4.11. The minimum Gasteiger partial charge on any atom is -0.347 e. The number of nitrogens with one attached hydrogen (secondary N) is 1. The van der Waals surface area contributed by atoms with E-state index in [1.54, 1.807) is 0 Å². The fourth-order valence-corrected chi connectivity index (χ4v) is 3.19. The summed E-state index contributed by atoms with van der Waals surface area (Å²) < 4.78 is 29.4. The van der Waals surface area contributed by atoms with Crippen LogP contribution in [0.3, 0.4) is 0 Å². The number of hydrogen-bond donors (Lipinski definition) is 1. The second-order valence-corrected chi connectivity index (χ2v) is 7.08. The molecule has 0 aliphatic carbocycles. The molecule has 0 aliphatic rings. The lowest BCUT2D eigenvalue weighted by atomic mass is 10.0. The van der Waals surface area contributed by atoms with Gasteiger partial charge in [0.2, 0.25) is 17.6 Å². The fraction of sp³-hybridized carbons (Fsp3) is 0.333. The Morgan fingerprint density at radius 3 is 2.59 bits per heavy atom. The summed E-state index contributed by atoms with van der Waals surface area (Å²) in [5.41, 5.74) is 2.90. The van der Waals surface area contributed by atoms with E-state index < -0.39 is 12.2 Å². The molecule has 9 heteroatoms. The van der Waals surface area contributed by atoms with Crippen molar-refractivity contribution in [2.45, 2.75) is 39.2 Å². The van der Waals surface area contributed by atoms with Gasteiger partial charge in [0.05, 0.1) is 18.7 Å². The van der Waals surface area contributed by atoms with Crippen LogP contribution in [0.5, 0.6) is 0 Å². The van der Waals surface area contributed by atoms with Crippen molar-refractivity contribution in [3.05, 3.63) is 52.6 Å². The van der Waals surface area contributed by atoms with Crippen molar-refractivity contribution in [2.24, 2.45) is 0 Å². The van der Waals surface area contributed by atoms with E-state index in [-0.39, 0.29) is 24.8 Å². The van der Waals surface area contributed by atoms with E-state index in [2.05, 4.69) is 50.9 Å². The van der Waals surface area contributed by atoms with Crippen LogP contribution < -0.4 is 5.32 Å². The van der Waals surface area contributed by atoms with Gasteiger partial charge >= 0.3 is 6.43 Å². The zero-order chi connectivity index (χ0) is 19.4. The number of amides is 1. The number of aromatic nitrogens is 3. The van der Waals surface area contributed by atoms with E-state index in [1.807, 2.05) is 17.5 Å². The van der Waals surface area contributed by atoms with Crippen LogP contribution in [-0.4, -0.2) is 21.0 Å². The number of benzene rings is 1. The smallest absolute Gasteiger partial charge is 0.300 e. The van der Waals surface area contributed by atoms with Crippen molar-refractivity contribution in [3.8, 4) is 10.6 Å². The topological polar surface area (TPSA) is 80.9 Å². The van der Waals surface area contributed by atoms with E-state index in [4.69, 9.17) is 0 Å². The lowest BCUT2D eigenvalue weighted by Crippen LogP contribution is -2.24. The number of nitrogens with zero attached hydrogens (tertiary/aromatic N) is 3. The molecule has 0 spiro atoms. The van der Waals surface area contributed by atoms with Crippen LogP contribution in [0, 0.1) is 0 Å². The number of alkyl halides is 2. The van der Waals surface area contributed by atoms with Crippen LogP contribution in [0.15, 0.2) is 34.2 Å². The molecule has 3 rings (SSSR count). The van der Waals surface area contributed by atoms with Gasteiger partial charge in [0, 0.05) is 10.9 Å². The summed E-state index contributed by atoms with van der Waals surface area (Å²) in [6.07, 6.45) is -2.72. The SMILES string of the molecule is CC(C)c1ccc(-c2nc(CC(=O)NCc3nc(C(F)F)no3)cs2)cc1. The van der Waals surface area contributed by atoms with Crippen molar-refractivity contribution in [1.82, 2.24) is 20.4 Å². The van der Waals surface area contributed by atoms with Gasteiger partial charge in [-0.1, -0.05) is 43.3 Å². The molecule has 1 aromatic carbocycles. The van der Waals surface area contributed by atoms with Gasteiger partial charge < -0.3 is 9.84 Å². The number of hydrogen-bond acceptors (Lipinski definition) is 6. The van der Waals surface area contributed by atoms with E-state index in [1.165, 1.54) is 16.9 Å². The first-order valence-electron chi connectivity index (χ1n) is 8.34. The minimum absolute atomic E-state index is 0.0668. The summed E-state index contributed by atoms with van der Waals surface area (Å²) in [7, 11) is 0. The molecule has 0 unspecified atom stereocenters. The Hall–Kier alpha value is -2.68. The van der Waals surface area contributed by atoms with Crippen molar-refractivity contribution >= 4 is 17.2 Å². The van der Waals surface area contributed by atoms with Gasteiger partial charge in [-0.15, -0.1) is 11.3 Å². The molecule has 0 fully saturated rings. The lowest BCUT2D eigenvalue weighted by Gasteiger charge is -2.05. The molecule has 2 aromatic heterocycles. The zero-order valence-electron chi connectivity index (χ0n) is 14.8. The first-order valence-corrected chi connectivity index (χ1v) is 9.22. The minimum atomic E-state index is -2.80. The maximum absolute atomic E-state index is 12.4. The summed E-state index contributed by atoms with van der Waals surface area (Å²) >= 11 is 1.46. The van der Waals surface area contributed by atoms with Gasteiger partial charge in [-0.3, -0.25) is 4.79 Å². The van der Waals surface area contributed by atoms with Crippen LogP contribution in [0.1, 0.15) is 49.2 Å². The molecule has 0 radical (unpaired) electrons. The molecular weight excluding hydrogens is 374 g/mol. The van der Waals surface area contributed by atoms with Gasteiger partial charge in [-0.2, -0.15) is 4.98 Å². The summed E-state index contributed by atoms with van der Waals surface area (Å²) in [5.74, 6) is -0.598. The Morgan fingerprint density at radius 1 is 1.22 bits per heavy atom. The first kappa shape index (κ1) is 19.1. The highest BCUT2D eigenvalue weighted by molar-refractivity contribution is 7.13. The third-order valence-electron chi connectivity index (χ3n) is 3.83. The molecule has 0 aliphatic heterocycles. The number of rotatable bonds is 7. The zero-order valence-corrected chi connectivity index (χ0v) is 15.6. The summed E-state index contributed by atoms with van der Waals surface area (Å²) in [6.45, 7) is 4.17.